The van der Waals surface area contributed by atoms with Gasteiger partial charge in [0.2, 0.25) is 6.79 Å². The predicted molar refractivity (Wildman–Crippen MR) is 72.0 cm³/mol. The molecule has 0 unspecified atom stereocenters. The molecule has 5 nitrogen and oxygen atoms in total. The number of nitrogens with zero attached hydrogens (tertiary/aromatic N) is 1. The van der Waals surface area contributed by atoms with E-state index in [1.807, 2.05) is 6.07 Å². The molecular formula is C15H11NO4. The first-order valence-corrected chi connectivity index (χ1v) is 6.02. The van der Waals surface area contributed by atoms with Gasteiger partial charge in [-0.05, 0) is 30.3 Å². The molecular weight excluding hydrogens is 258 g/mol. The van der Waals surface area contributed by atoms with Crippen molar-refractivity contribution in [1.82, 2.24) is 0 Å². The molecule has 1 heterocycles. The Bertz CT molecular complexity index is 652. The quantitative estimate of drug-likeness (QED) is 0.488. The summed E-state index contributed by atoms with van der Waals surface area (Å²) in [6, 6.07) is 14.0. The zero-order valence-electron chi connectivity index (χ0n) is 10.5. The van der Waals surface area contributed by atoms with E-state index >= 15 is 0 Å². The predicted octanol–water partition coefficient (Wildman–Crippen LogP) is 2.61. The Labute approximate surface area is 115 Å². The van der Waals surface area contributed by atoms with Crippen LogP contribution in [-0.2, 0) is 4.84 Å². The number of carbonyl (C=O) groups is 1. The molecule has 0 saturated carbocycles. The van der Waals surface area contributed by atoms with Gasteiger partial charge in [-0.1, -0.05) is 23.4 Å². The number of hydrogen-bond acceptors (Lipinski definition) is 5. The maximum atomic E-state index is 11.6. The molecule has 1 aliphatic heterocycles. The van der Waals surface area contributed by atoms with Crippen molar-refractivity contribution in [3.63, 3.8) is 0 Å². The normalized spacial score (nSPS) is 12.6. The van der Waals surface area contributed by atoms with Gasteiger partial charge in [0.05, 0.1) is 11.8 Å². The van der Waals surface area contributed by atoms with Crippen LogP contribution >= 0.6 is 0 Å². The van der Waals surface area contributed by atoms with Gasteiger partial charge < -0.3 is 14.3 Å². The molecule has 0 N–H and O–H groups in total. The van der Waals surface area contributed by atoms with E-state index in [-0.39, 0.29) is 6.79 Å². The van der Waals surface area contributed by atoms with E-state index in [4.69, 9.17) is 14.3 Å². The van der Waals surface area contributed by atoms with Crippen LogP contribution in [0.15, 0.2) is 53.7 Å². The highest BCUT2D eigenvalue weighted by Gasteiger charge is 2.12. The van der Waals surface area contributed by atoms with Gasteiger partial charge in [0, 0.05) is 5.56 Å². The zero-order chi connectivity index (χ0) is 13.8. The van der Waals surface area contributed by atoms with E-state index in [9.17, 15) is 4.79 Å². The molecule has 0 fully saturated rings. The summed E-state index contributed by atoms with van der Waals surface area (Å²) in [7, 11) is 0. The van der Waals surface area contributed by atoms with Gasteiger partial charge in [-0.25, -0.2) is 4.79 Å². The van der Waals surface area contributed by atoms with Gasteiger partial charge in [0.1, 0.15) is 0 Å². The lowest BCUT2D eigenvalue weighted by Crippen LogP contribution is -2.00. The van der Waals surface area contributed by atoms with Crippen LogP contribution < -0.4 is 9.47 Å². The van der Waals surface area contributed by atoms with Gasteiger partial charge in [-0.2, -0.15) is 0 Å². The van der Waals surface area contributed by atoms with Crippen LogP contribution in [0.2, 0.25) is 0 Å². The molecule has 5 heteroatoms. The van der Waals surface area contributed by atoms with Crippen molar-refractivity contribution in [3.05, 3.63) is 59.7 Å². The average molecular weight is 269 g/mol. The lowest BCUT2D eigenvalue weighted by molar-refractivity contribution is 0.0519. The molecule has 3 rings (SSSR count). The molecule has 0 aromatic heterocycles. The van der Waals surface area contributed by atoms with E-state index < -0.39 is 5.97 Å². The fraction of sp³-hybridized carbons (Fsp3) is 0.0667. The standard InChI is InChI=1S/C15H11NO4/c17-15(12-4-2-1-3-5-12)20-16-9-11-6-7-13-14(8-11)19-10-18-13/h1-9H,10H2/b16-9-. The van der Waals surface area contributed by atoms with Crippen molar-refractivity contribution in [2.24, 2.45) is 5.16 Å². The van der Waals surface area contributed by atoms with E-state index in [1.54, 1.807) is 42.5 Å². The van der Waals surface area contributed by atoms with Crippen LogP contribution in [0.5, 0.6) is 11.5 Å². The summed E-state index contributed by atoms with van der Waals surface area (Å²) >= 11 is 0. The Balaban J connectivity index is 1.65. The fourth-order valence-corrected chi connectivity index (χ4v) is 1.76. The number of rotatable bonds is 3. The van der Waals surface area contributed by atoms with Crippen LogP contribution in [0, 0.1) is 0 Å². The van der Waals surface area contributed by atoms with Crippen molar-refractivity contribution in [2.75, 3.05) is 6.79 Å². The minimum absolute atomic E-state index is 0.221. The molecule has 1 aliphatic rings. The van der Waals surface area contributed by atoms with Crippen LogP contribution in [0.25, 0.3) is 0 Å². The van der Waals surface area contributed by atoms with E-state index in [0.717, 1.165) is 5.56 Å². The second-order valence-electron chi connectivity index (χ2n) is 4.09. The fourth-order valence-electron chi connectivity index (χ4n) is 1.76. The molecule has 0 saturated heterocycles. The highest BCUT2D eigenvalue weighted by Crippen LogP contribution is 2.31. The largest absolute Gasteiger partial charge is 0.454 e. The third kappa shape index (κ3) is 2.61. The van der Waals surface area contributed by atoms with Crippen LogP contribution in [0.1, 0.15) is 15.9 Å². The van der Waals surface area contributed by atoms with Crippen molar-refractivity contribution in [1.29, 1.82) is 0 Å². The number of fused-ring (bicyclic) bond motifs is 1. The highest BCUT2D eigenvalue weighted by molar-refractivity contribution is 5.90. The third-order valence-electron chi connectivity index (χ3n) is 2.74. The summed E-state index contributed by atoms with van der Waals surface area (Å²) in [5.41, 5.74) is 1.21. The SMILES string of the molecule is O=C(O/N=C\c1ccc2c(c1)OCO2)c1ccccc1. The second kappa shape index (κ2) is 5.44. The summed E-state index contributed by atoms with van der Waals surface area (Å²) in [5, 5.41) is 3.67. The van der Waals surface area contributed by atoms with Crippen molar-refractivity contribution < 1.29 is 19.1 Å². The monoisotopic (exact) mass is 269 g/mol. The molecule has 100 valence electrons. The maximum Gasteiger partial charge on any atom is 0.365 e. The zero-order valence-corrected chi connectivity index (χ0v) is 10.5. The lowest BCUT2D eigenvalue weighted by atomic mass is 10.2. The van der Waals surface area contributed by atoms with Crippen molar-refractivity contribution in [3.8, 4) is 11.5 Å². The smallest absolute Gasteiger partial charge is 0.365 e. The molecule has 20 heavy (non-hydrogen) atoms. The average Bonchev–Trinajstić information content (AvgIpc) is 2.95. The maximum absolute atomic E-state index is 11.6. The Kier molecular flexibility index (Phi) is 3.33. The molecule has 0 aliphatic carbocycles. The van der Waals surface area contributed by atoms with Gasteiger partial charge in [-0.15, -0.1) is 0 Å². The molecule has 2 aromatic rings. The summed E-state index contributed by atoms with van der Waals surface area (Å²) in [4.78, 5) is 16.5. The Morgan fingerprint density at radius 3 is 2.75 bits per heavy atom. The molecule has 2 aromatic carbocycles. The number of carbonyl (C=O) groups excluding carboxylic acids is 1. The first-order chi connectivity index (χ1) is 9.83. The van der Waals surface area contributed by atoms with Gasteiger partial charge in [0.15, 0.2) is 11.5 Å². The molecule has 0 spiro atoms. The summed E-state index contributed by atoms with van der Waals surface area (Å²) < 4.78 is 10.4. The molecule has 0 radical (unpaired) electrons. The minimum Gasteiger partial charge on any atom is -0.454 e. The Hall–Kier alpha value is -2.82. The molecule has 0 bridgehead atoms. The molecule has 0 amide bonds. The van der Waals surface area contributed by atoms with Gasteiger partial charge in [0.25, 0.3) is 0 Å². The van der Waals surface area contributed by atoms with Gasteiger partial charge in [-0.3, -0.25) is 0 Å². The Morgan fingerprint density at radius 1 is 1.10 bits per heavy atom. The number of ether oxygens (including phenoxy) is 2. The Morgan fingerprint density at radius 2 is 1.90 bits per heavy atom. The summed E-state index contributed by atoms with van der Waals surface area (Å²) in [6.07, 6.45) is 1.45. The summed E-state index contributed by atoms with van der Waals surface area (Å²) in [5.74, 6) is 0.856. The summed E-state index contributed by atoms with van der Waals surface area (Å²) in [6.45, 7) is 0.221. The first-order valence-electron chi connectivity index (χ1n) is 6.02. The number of oxime groups is 1. The number of benzene rings is 2. The van der Waals surface area contributed by atoms with Crippen LogP contribution in [-0.4, -0.2) is 19.0 Å². The topological polar surface area (TPSA) is 57.1 Å². The van der Waals surface area contributed by atoms with Crippen LogP contribution in [0.3, 0.4) is 0 Å². The van der Waals surface area contributed by atoms with Crippen LogP contribution in [0.4, 0.5) is 0 Å². The third-order valence-corrected chi connectivity index (χ3v) is 2.74. The first kappa shape index (κ1) is 12.2. The van der Waals surface area contributed by atoms with Gasteiger partial charge >= 0.3 is 5.97 Å². The number of hydrogen-bond donors (Lipinski definition) is 0. The van der Waals surface area contributed by atoms with Crippen molar-refractivity contribution >= 4 is 12.2 Å². The van der Waals surface area contributed by atoms with E-state index in [0.29, 0.717) is 17.1 Å². The van der Waals surface area contributed by atoms with E-state index in [1.165, 1.54) is 6.21 Å². The minimum atomic E-state index is -0.498. The highest BCUT2D eigenvalue weighted by atomic mass is 16.7. The molecule has 0 atom stereocenters. The second-order valence-corrected chi connectivity index (χ2v) is 4.09. The van der Waals surface area contributed by atoms with E-state index in [2.05, 4.69) is 5.16 Å². The van der Waals surface area contributed by atoms with Crippen molar-refractivity contribution in [2.45, 2.75) is 0 Å². The lowest BCUT2D eigenvalue weighted by Gasteiger charge is -1.98.